The van der Waals surface area contributed by atoms with Gasteiger partial charge in [0.15, 0.2) is 0 Å². The van der Waals surface area contributed by atoms with Gasteiger partial charge in [-0.1, -0.05) is 23.8 Å². The molecular formula is C21H22N2O2. The Morgan fingerprint density at radius 3 is 2.12 bits per heavy atom. The summed E-state index contributed by atoms with van der Waals surface area (Å²) in [4.78, 5) is 24.5. The van der Waals surface area contributed by atoms with Crippen molar-refractivity contribution in [2.45, 2.75) is 34.6 Å². The highest BCUT2D eigenvalue weighted by Crippen LogP contribution is 2.33. The molecule has 0 saturated carbocycles. The topological polar surface area (TPSA) is 51.1 Å². The second kappa shape index (κ2) is 6.20. The number of imide groups is 1. The lowest BCUT2D eigenvalue weighted by Gasteiger charge is -2.11. The summed E-state index contributed by atoms with van der Waals surface area (Å²) in [6, 6.07) is 12.2. The standard InChI is InChI=1S/C21H22N2O2/c1-12(2)18-19(21(25)22-20(18)24)14(4)17-11-13(3)23(15(17)5)16-9-7-6-8-10-16/h6-11H,1-5H3,(H,22,24,25)/b19-14+. The molecule has 4 nitrogen and oxygen atoms in total. The van der Waals surface area contributed by atoms with E-state index in [-0.39, 0.29) is 11.8 Å². The van der Waals surface area contributed by atoms with E-state index in [0.717, 1.165) is 33.8 Å². The van der Waals surface area contributed by atoms with Crippen molar-refractivity contribution >= 4 is 17.4 Å². The van der Waals surface area contributed by atoms with E-state index in [1.807, 2.05) is 52.8 Å². The van der Waals surface area contributed by atoms with E-state index in [0.29, 0.717) is 11.1 Å². The van der Waals surface area contributed by atoms with Crippen LogP contribution >= 0.6 is 0 Å². The summed E-state index contributed by atoms with van der Waals surface area (Å²) in [6.45, 7) is 9.70. The Balaban J connectivity index is 2.23. The fourth-order valence-corrected chi connectivity index (χ4v) is 3.54. The van der Waals surface area contributed by atoms with Crippen molar-refractivity contribution in [1.29, 1.82) is 0 Å². The van der Waals surface area contributed by atoms with Crippen LogP contribution < -0.4 is 5.32 Å². The number of hydrogen-bond donors (Lipinski definition) is 1. The lowest BCUT2D eigenvalue weighted by atomic mass is 9.95. The van der Waals surface area contributed by atoms with Crippen LogP contribution in [0.3, 0.4) is 0 Å². The van der Waals surface area contributed by atoms with Gasteiger partial charge in [-0.2, -0.15) is 0 Å². The first kappa shape index (κ1) is 17.0. The number of benzene rings is 1. The molecule has 1 fully saturated rings. The third kappa shape index (κ3) is 2.74. The number of nitrogens with one attached hydrogen (secondary N) is 1. The number of amides is 2. The fourth-order valence-electron chi connectivity index (χ4n) is 3.54. The zero-order chi connectivity index (χ0) is 18.3. The minimum absolute atomic E-state index is 0.309. The number of hydrogen-bond acceptors (Lipinski definition) is 2. The van der Waals surface area contributed by atoms with Crippen molar-refractivity contribution in [2.24, 2.45) is 0 Å². The number of nitrogens with zero attached hydrogens (tertiary/aromatic N) is 1. The molecule has 0 atom stereocenters. The Hall–Kier alpha value is -2.88. The molecule has 1 aliphatic rings. The second-order valence-corrected chi connectivity index (χ2v) is 6.61. The first-order valence-electron chi connectivity index (χ1n) is 8.32. The number of carbonyl (C=O) groups is 2. The smallest absolute Gasteiger partial charge is 0.259 e. The second-order valence-electron chi connectivity index (χ2n) is 6.61. The number of aromatic nitrogens is 1. The maximum Gasteiger partial charge on any atom is 0.259 e. The van der Waals surface area contributed by atoms with Crippen molar-refractivity contribution < 1.29 is 9.59 Å². The van der Waals surface area contributed by atoms with Crippen LogP contribution in [0, 0.1) is 13.8 Å². The molecule has 0 spiro atoms. The summed E-state index contributed by atoms with van der Waals surface area (Å²) in [6.07, 6.45) is 0. The van der Waals surface area contributed by atoms with Crippen LogP contribution in [0.2, 0.25) is 0 Å². The maximum atomic E-state index is 12.4. The Kier molecular flexibility index (Phi) is 4.21. The van der Waals surface area contributed by atoms with Gasteiger partial charge in [0.2, 0.25) is 0 Å². The molecule has 128 valence electrons. The van der Waals surface area contributed by atoms with E-state index in [4.69, 9.17) is 0 Å². The van der Waals surface area contributed by atoms with Crippen molar-refractivity contribution in [1.82, 2.24) is 9.88 Å². The Bertz CT molecular complexity index is 940. The molecule has 0 aliphatic carbocycles. The number of rotatable bonds is 2. The van der Waals surface area contributed by atoms with Crippen LogP contribution in [0.25, 0.3) is 11.3 Å². The lowest BCUT2D eigenvalue weighted by molar-refractivity contribution is -0.123. The predicted octanol–water partition coefficient (Wildman–Crippen LogP) is 3.86. The van der Waals surface area contributed by atoms with Gasteiger partial charge in [0.1, 0.15) is 0 Å². The van der Waals surface area contributed by atoms with Gasteiger partial charge in [-0.3, -0.25) is 14.9 Å². The van der Waals surface area contributed by atoms with Crippen molar-refractivity contribution in [3.8, 4) is 5.69 Å². The highest BCUT2D eigenvalue weighted by atomic mass is 16.2. The molecule has 1 aromatic heterocycles. The van der Waals surface area contributed by atoms with E-state index < -0.39 is 0 Å². The molecule has 2 aromatic rings. The third-order valence-corrected chi connectivity index (χ3v) is 4.66. The SMILES string of the molecule is CC(C)=C1C(=O)NC(=O)/C1=C(\C)c1cc(C)n(-c2ccccc2)c1C. The van der Waals surface area contributed by atoms with E-state index in [9.17, 15) is 9.59 Å². The largest absolute Gasteiger partial charge is 0.318 e. The van der Waals surface area contributed by atoms with Gasteiger partial charge >= 0.3 is 0 Å². The van der Waals surface area contributed by atoms with Crippen LogP contribution in [0.1, 0.15) is 37.7 Å². The number of allylic oxidation sites excluding steroid dienone is 2. The minimum Gasteiger partial charge on any atom is -0.318 e. The maximum absolute atomic E-state index is 12.4. The summed E-state index contributed by atoms with van der Waals surface area (Å²) < 4.78 is 2.16. The molecule has 3 rings (SSSR count). The van der Waals surface area contributed by atoms with Gasteiger partial charge in [-0.25, -0.2) is 0 Å². The molecule has 1 N–H and O–H groups in total. The Labute approximate surface area is 147 Å². The quantitative estimate of drug-likeness (QED) is 0.670. The van der Waals surface area contributed by atoms with Crippen molar-refractivity contribution in [3.05, 3.63) is 70.1 Å². The fraction of sp³-hybridized carbons (Fsp3) is 0.238. The zero-order valence-corrected chi connectivity index (χ0v) is 15.2. The molecule has 1 saturated heterocycles. The van der Waals surface area contributed by atoms with Gasteiger partial charge in [-0.15, -0.1) is 0 Å². The van der Waals surface area contributed by atoms with Gasteiger partial charge < -0.3 is 4.57 Å². The van der Waals surface area contributed by atoms with Gasteiger partial charge in [-0.05, 0) is 64.0 Å². The lowest BCUT2D eigenvalue weighted by Crippen LogP contribution is -2.20. The van der Waals surface area contributed by atoms with Crippen LogP contribution in [0.5, 0.6) is 0 Å². The minimum atomic E-state index is -0.316. The molecule has 2 amide bonds. The monoisotopic (exact) mass is 334 g/mol. The van der Waals surface area contributed by atoms with Gasteiger partial charge in [0, 0.05) is 17.1 Å². The van der Waals surface area contributed by atoms with E-state index in [1.54, 1.807) is 0 Å². The van der Waals surface area contributed by atoms with E-state index in [1.165, 1.54) is 0 Å². The summed E-state index contributed by atoms with van der Waals surface area (Å²) in [7, 11) is 0. The average molecular weight is 334 g/mol. The molecule has 25 heavy (non-hydrogen) atoms. The summed E-state index contributed by atoms with van der Waals surface area (Å²) >= 11 is 0. The van der Waals surface area contributed by atoms with E-state index in [2.05, 4.69) is 28.1 Å². The van der Waals surface area contributed by atoms with E-state index >= 15 is 0 Å². The predicted molar refractivity (Wildman–Crippen MR) is 99.4 cm³/mol. The Morgan fingerprint density at radius 2 is 1.52 bits per heavy atom. The van der Waals surface area contributed by atoms with Gasteiger partial charge in [0.05, 0.1) is 11.1 Å². The van der Waals surface area contributed by atoms with Crippen molar-refractivity contribution in [3.63, 3.8) is 0 Å². The molecule has 4 heteroatoms. The highest BCUT2D eigenvalue weighted by molar-refractivity contribution is 6.27. The summed E-state index contributed by atoms with van der Waals surface area (Å²) in [5.74, 6) is -0.626. The highest BCUT2D eigenvalue weighted by Gasteiger charge is 2.33. The Morgan fingerprint density at radius 1 is 0.920 bits per heavy atom. The number of para-hydroxylation sites is 1. The van der Waals surface area contributed by atoms with Crippen LogP contribution in [0.15, 0.2) is 53.1 Å². The number of aryl methyl sites for hydroxylation is 1. The molecule has 0 bridgehead atoms. The number of carbonyl (C=O) groups excluding carboxylic acids is 2. The first-order chi connectivity index (χ1) is 11.8. The molecule has 0 radical (unpaired) electrons. The third-order valence-electron chi connectivity index (χ3n) is 4.66. The van der Waals surface area contributed by atoms with Crippen LogP contribution in [-0.4, -0.2) is 16.4 Å². The van der Waals surface area contributed by atoms with Crippen LogP contribution in [-0.2, 0) is 9.59 Å². The molecule has 0 unspecified atom stereocenters. The normalized spacial score (nSPS) is 16.3. The molecular weight excluding hydrogens is 312 g/mol. The first-order valence-corrected chi connectivity index (χ1v) is 8.32. The van der Waals surface area contributed by atoms with Gasteiger partial charge in [0.25, 0.3) is 11.8 Å². The van der Waals surface area contributed by atoms with Crippen molar-refractivity contribution in [2.75, 3.05) is 0 Å². The molecule has 2 heterocycles. The zero-order valence-electron chi connectivity index (χ0n) is 15.2. The summed E-state index contributed by atoms with van der Waals surface area (Å²) in [5, 5.41) is 2.42. The van der Waals surface area contributed by atoms with Crippen LogP contribution in [0.4, 0.5) is 0 Å². The average Bonchev–Trinajstić information content (AvgIpc) is 3.03. The molecule has 1 aliphatic heterocycles. The summed E-state index contributed by atoms with van der Waals surface area (Å²) in [5.41, 5.74) is 6.85. The molecule has 1 aromatic carbocycles.